The summed E-state index contributed by atoms with van der Waals surface area (Å²) in [6.07, 6.45) is 1.14. The van der Waals surface area contributed by atoms with Crippen LogP contribution < -0.4 is 5.73 Å². The fourth-order valence-electron chi connectivity index (χ4n) is 0.203. The monoisotopic (exact) mass is 267 g/mol. The predicted octanol–water partition coefficient (Wildman–Crippen LogP) is 0.503. The summed E-state index contributed by atoms with van der Waals surface area (Å²) in [7, 11) is -4.64. The summed E-state index contributed by atoms with van der Waals surface area (Å²) in [5.41, 5.74) is 5.17. The van der Waals surface area contributed by atoms with Crippen molar-refractivity contribution in [1.29, 1.82) is 0 Å². The second-order valence-electron chi connectivity index (χ2n) is 1.68. The van der Waals surface area contributed by atoms with E-state index in [0.717, 1.165) is 12.2 Å². The number of thioether (sulfide) groups is 1. The second kappa shape index (κ2) is 10.9. The van der Waals surface area contributed by atoms with Crippen molar-refractivity contribution in [3.05, 3.63) is 0 Å². The molecule has 0 aliphatic rings. The van der Waals surface area contributed by atoms with Gasteiger partial charge in [-0.2, -0.15) is 9.90 Å². The molecular weight excluding hydrogens is 252 g/mol. The van der Waals surface area contributed by atoms with Gasteiger partial charge >= 0.3 is 7.82 Å². The van der Waals surface area contributed by atoms with Crippen LogP contribution in [0.2, 0.25) is 0 Å². The molecule has 0 radical (unpaired) electrons. The Labute approximate surface area is 90.3 Å². The van der Waals surface area contributed by atoms with Crippen LogP contribution in [0.1, 0.15) is 13.3 Å². The van der Waals surface area contributed by atoms with Gasteiger partial charge in [-0.3, -0.25) is 0 Å². The van der Waals surface area contributed by atoms with E-state index < -0.39 is 7.82 Å². The van der Waals surface area contributed by atoms with E-state index in [0.29, 0.717) is 4.32 Å². The highest BCUT2D eigenvalue weighted by Crippen LogP contribution is 2.25. The standard InChI is InChI=1S/C4H9NS2.H3O4P.H3P/c1-2-3-7-4(5)6;1-5(2,3)4;/h2-3H2,1H3,(H2,5,6);(H3,1,2,3,4);1H3. The first-order valence-electron chi connectivity index (χ1n) is 2.98. The lowest BCUT2D eigenvalue weighted by atomic mass is 10.6. The topological polar surface area (TPSA) is 104 Å². The Morgan fingerprint density at radius 2 is 1.85 bits per heavy atom. The summed E-state index contributed by atoms with van der Waals surface area (Å²) in [6, 6.07) is 0. The van der Waals surface area contributed by atoms with Gasteiger partial charge in [0.1, 0.15) is 4.32 Å². The number of hydrogen-bond acceptors (Lipinski definition) is 3. The van der Waals surface area contributed by atoms with Gasteiger partial charge in [-0.25, -0.2) is 4.57 Å². The summed E-state index contributed by atoms with van der Waals surface area (Å²) in [4.78, 5) is 21.6. The van der Waals surface area contributed by atoms with Crippen LogP contribution in [0.25, 0.3) is 0 Å². The molecule has 0 aliphatic carbocycles. The third-order valence-electron chi connectivity index (χ3n) is 0.448. The van der Waals surface area contributed by atoms with Crippen molar-refractivity contribution in [2.75, 3.05) is 5.75 Å². The normalized spacial score (nSPS) is 9.23. The summed E-state index contributed by atoms with van der Waals surface area (Å²) >= 11 is 6.14. The van der Waals surface area contributed by atoms with Gasteiger partial charge in [0.15, 0.2) is 0 Å². The van der Waals surface area contributed by atoms with Crippen LogP contribution in [0, 0.1) is 0 Å². The highest BCUT2D eigenvalue weighted by Gasteiger charge is 2.00. The number of nitrogens with two attached hydrogens (primary N) is 1. The molecule has 0 saturated heterocycles. The molecule has 1 atom stereocenters. The zero-order valence-corrected chi connectivity index (χ0v) is 11.2. The molecule has 0 fully saturated rings. The first-order chi connectivity index (χ1) is 5.27. The van der Waals surface area contributed by atoms with Crippen molar-refractivity contribution < 1.29 is 19.2 Å². The number of phosphoric acid groups is 1. The Bertz CT molecular complexity index is 165. The molecule has 0 rings (SSSR count). The molecule has 1 unspecified atom stereocenters. The third-order valence-corrected chi connectivity index (χ3v) is 1.70. The van der Waals surface area contributed by atoms with Gasteiger partial charge in [-0.1, -0.05) is 30.9 Å². The van der Waals surface area contributed by atoms with Crippen molar-refractivity contribution in [2.24, 2.45) is 5.73 Å². The van der Waals surface area contributed by atoms with Crippen LogP contribution in [0.5, 0.6) is 0 Å². The molecule has 5 nitrogen and oxygen atoms in total. The summed E-state index contributed by atoms with van der Waals surface area (Å²) in [6.45, 7) is 2.10. The largest absolute Gasteiger partial charge is 0.466 e. The maximum absolute atomic E-state index is 8.88. The molecule has 5 N–H and O–H groups in total. The van der Waals surface area contributed by atoms with Gasteiger partial charge in [0.2, 0.25) is 0 Å². The smallest absolute Gasteiger partial charge is 0.385 e. The van der Waals surface area contributed by atoms with Crippen LogP contribution in [-0.4, -0.2) is 24.8 Å². The van der Waals surface area contributed by atoms with Crippen molar-refractivity contribution >= 4 is 46.0 Å². The number of rotatable bonds is 2. The van der Waals surface area contributed by atoms with Crippen molar-refractivity contribution in [1.82, 2.24) is 0 Å². The van der Waals surface area contributed by atoms with Crippen LogP contribution in [0.15, 0.2) is 0 Å². The van der Waals surface area contributed by atoms with Gasteiger partial charge in [-0.15, -0.1) is 0 Å². The summed E-state index contributed by atoms with van der Waals surface area (Å²) < 4.78 is 9.44. The predicted molar refractivity (Wildman–Crippen MR) is 64.9 cm³/mol. The first kappa shape index (κ1) is 19.4. The van der Waals surface area contributed by atoms with Crippen molar-refractivity contribution in [3.8, 4) is 0 Å². The second-order valence-corrected chi connectivity index (χ2v) is 4.54. The minimum absolute atomic E-state index is 0. The Morgan fingerprint density at radius 1 is 1.54 bits per heavy atom. The number of hydrogen-bond donors (Lipinski definition) is 4. The van der Waals surface area contributed by atoms with E-state index in [4.69, 9.17) is 25.0 Å². The van der Waals surface area contributed by atoms with E-state index >= 15 is 0 Å². The van der Waals surface area contributed by atoms with E-state index in [1.165, 1.54) is 0 Å². The molecule has 0 aromatic carbocycles. The Hall–Kier alpha value is 0.780. The molecule has 0 bridgehead atoms. The van der Waals surface area contributed by atoms with Crippen LogP contribution in [-0.2, 0) is 4.57 Å². The third kappa shape index (κ3) is 65.0. The van der Waals surface area contributed by atoms with Gasteiger partial charge < -0.3 is 20.4 Å². The average Bonchev–Trinajstić information content (AvgIpc) is 1.79. The van der Waals surface area contributed by atoms with Gasteiger partial charge in [0.05, 0.1) is 0 Å². The maximum atomic E-state index is 8.88. The quantitative estimate of drug-likeness (QED) is 0.426. The van der Waals surface area contributed by atoms with E-state index in [9.17, 15) is 0 Å². The van der Waals surface area contributed by atoms with E-state index in [1.54, 1.807) is 11.8 Å². The van der Waals surface area contributed by atoms with Crippen molar-refractivity contribution in [2.45, 2.75) is 13.3 Å². The Morgan fingerprint density at radius 3 is 1.92 bits per heavy atom. The van der Waals surface area contributed by atoms with E-state index in [-0.39, 0.29) is 9.90 Å². The summed E-state index contributed by atoms with van der Waals surface area (Å²) in [5, 5.41) is 0. The molecule has 0 aromatic rings. The van der Waals surface area contributed by atoms with E-state index in [1.807, 2.05) is 0 Å². The molecule has 13 heavy (non-hydrogen) atoms. The van der Waals surface area contributed by atoms with Gasteiger partial charge in [0.25, 0.3) is 0 Å². The van der Waals surface area contributed by atoms with Gasteiger partial charge in [-0.05, 0) is 12.2 Å². The first-order valence-corrected chi connectivity index (χ1v) is 5.93. The molecule has 0 aliphatic heterocycles. The lowest BCUT2D eigenvalue weighted by Crippen LogP contribution is -2.01. The fraction of sp³-hybridized carbons (Fsp3) is 0.750. The molecule has 0 amide bonds. The maximum Gasteiger partial charge on any atom is 0.466 e. The fourth-order valence-corrected chi connectivity index (χ4v) is 0.858. The van der Waals surface area contributed by atoms with E-state index in [2.05, 4.69) is 19.1 Å². The highest BCUT2D eigenvalue weighted by molar-refractivity contribution is 8.22. The molecule has 0 spiro atoms. The zero-order chi connectivity index (χ0) is 10.2. The molecule has 9 heteroatoms. The van der Waals surface area contributed by atoms with Crippen molar-refractivity contribution in [3.63, 3.8) is 0 Å². The highest BCUT2D eigenvalue weighted by atomic mass is 32.2. The van der Waals surface area contributed by atoms with Crippen LogP contribution >= 0.6 is 41.7 Å². The molecule has 0 saturated carbocycles. The SMILES string of the molecule is CCCSC(N)=S.O=P(O)(O)O.P. The van der Waals surface area contributed by atoms with Crippen LogP contribution in [0.4, 0.5) is 0 Å². The number of thiocarbonyl (C=S) groups is 1. The minimum atomic E-state index is -4.64. The average molecular weight is 267 g/mol. The summed E-state index contributed by atoms with van der Waals surface area (Å²) in [5.74, 6) is 1.05. The molecule has 82 valence electrons. The lowest BCUT2D eigenvalue weighted by Gasteiger charge is -1.90. The molecule has 0 heterocycles. The van der Waals surface area contributed by atoms with Crippen LogP contribution in [0.3, 0.4) is 0 Å². The Balaban J connectivity index is -0.000000150. The zero-order valence-electron chi connectivity index (χ0n) is 7.21. The molecular formula is C4H15NO4P2S2. The van der Waals surface area contributed by atoms with Gasteiger partial charge in [0, 0.05) is 0 Å². The lowest BCUT2D eigenvalue weighted by molar-refractivity contribution is 0.275. The minimum Gasteiger partial charge on any atom is -0.385 e. The molecule has 0 aromatic heterocycles. The Kier molecular flexibility index (Phi) is 16.2.